The lowest BCUT2D eigenvalue weighted by molar-refractivity contribution is -0.126. The minimum atomic E-state index is -0.368. The van der Waals surface area contributed by atoms with Gasteiger partial charge in [0.2, 0.25) is 0 Å². The maximum atomic E-state index is 11.6. The molecule has 0 saturated heterocycles. The van der Waals surface area contributed by atoms with Crippen LogP contribution in [0.15, 0.2) is 0 Å². The van der Waals surface area contributed by atoms with Gasteiger partial charge >= 0.3 is 0 Å². The second-order valence-corrected chi connectivity index (χ2v) is 6.02. The molecule has 3 saturated carbocycles. The van der Waals surface area contributed by atoms with Gasteiger partial charge in [-0.3, -0.25) is 4.79 Å². The molecule has 0 radical (unpaired) electrons. The number of carbonyl (C=O) groups excluding carboxylic acids is 1. The van der Waals surface area contributed by atoms with Crippen molar-refractivity contribution in [1.82, 2.24) is 0 Å². The van der Waals surface area contributed by atoms with E-state index in [1.54, 1.807) is 0 Å². The largest absolute Gasteiger partial charge is 0.299 e. The Morgan fingerprint density at radius 2 is 1.92 bits per heavy atom. The zero-order valence-electron chi connectivity index (χ0n) is 7.35. The van der Waals surface area contributed by atoms with Gasteiger partial charge in [0, 0.05) is 12.3 Å². The molecule has 0 bridgehead atoms. The van der Waals surface area contributed by atoms with Gasteiger partial charge in [0.1, 0.15) is 5.78 Å². The fourth-order valence-corrected chi connectivity index (χ4v) is 4.96. The van der Waals surface area contributed by atoms with Gasteiger partial charge in [-0.2, -0.15) is 0 Å². The minimum Gasteiger partial charge on any atom is -0.299 e. The molecule has 0 unspecified atom stereocenters. The third kappa shape index (κ3) is 0.721. The molecule has 0 heterocycles. The molecule has 0 aromatic heterocycles. The molecule has 0 aliphatic heterocycles. The molecule has 0 spiro atoms. The van der Waals surface area contributed by atoms with Crippen molar-refractivity contribution in [3.8, 4) is 0 Å². The van der Waals surface area contributed by atoms with Crippen molar-refractivity contribution in [2.45, 2.75) is 41.9 Å². The molecule has 0 aromatic rings. The summed E-state index contributed by atoms with van der Waals surface area (Å²) in [5, 5.41) is 0. The van der Waals surface area contributed by atoms with Gasteiger partial charge < -0.3 is 0 Å². The molecule has 0 N–H and O–H groups in total. The van der Waals surface area contributed by atoms with Gasteiger partial charge in [-0.25, -0.2) is 0 Å². The highest BCUT2D eigenvalue weighted by atomic mass is 35.5. The van der Waals surface area contributed by atoms with E-state index in [0.29, 0.717) is 18.1 Å². The summed E-state index contributed by atoms with van der Waals surface area (Å²) >= 11 is 13.0. The highest BCUT2D eigenvalue weighted by molar-refractivity contribution is 6.38. The van der Waals surface area contributed by atoms with Crippen molar-refractivity contribution in [2.24, 2.45) is 11.8 Å². The number of ketones is 1. The predicted molar refractivity (Wildman–Crippen MR) is 52.2 cm³/mol. The first-order valence-electron chi connectivity index (χ1n) is 5.00. The van der Waals surface area contributed by atoms with E-state index < -0.39 is 0 Å². The molecule has 0 amide bonds. The highest BCUT2D eigenvalue weighted by Gasteiger charge is 2.75. The standard InChI is InChI=1S/C10H12Cl2O/c11-9-4-1-5-10(9,12)8-6(9)2-3-7(8)13/h6,8H,1-5H2/t6-,8-,9+,10-/m1/s1. The first kappa shape index (κ1) is 8.55. The van der Waals surface area contributed by atoms with Crippen molar-refractivity contribution in [2.75, 3.05) is 0 Å². The summed E-state index contributed by atoms with van der Waals surface area (Å²) in [6.07, 6.45) is 4.71. The van der Waals surface area contributed by atoms with E-state index >= 15 is 0 Å². The smallest absolute Gasteiger partial charge is 0.138 e. The van der Waals surface area contributed by atoms with Crippen LogP contribution in [0.3, 0.4) is 0 Å². The Kier molecular flexibility index (Phi) is 1.48. The van der Waals surface area contributed by atoms with Crippen LogP contribution in [0.25, 0.3) is 0 Å². The maximum absolute atomic E-state index is 11.6. The third-order valence-electron chi connectivity index (χ3n) is 4.30. The Balaban J connectivity index is 2.04. The van der Waals surface area contributed by atoms with E-state index in [-0.39, 0.29) is 15.7 Å². The number of fused-ring (bicyclic) bond motifs is 4. The van der Waals surface area contributed by atoms with E-state index in [0.717, 1.165) is 25.7 Å². The van der Waals surface area contributed by atoms with E-state index in [1.807, 2.05) is 0 Å². The lowest BCUT2D eigenvalue weighted by Gasteiger charge is -2.57. The minimum absolute atomic E-state index is 0.0918. The van der Waals surface area contributed by atoms with Crippen molar-refractivity contribution in [3.05, 3.63) is 0 Å². The van der Waals surface area contributed by atoms with Crippen LogP contribution in [-0.2, 0) is 4.79 Å². The summed E-state index contributed by atoms with van der Waals surface area (Å²) in [5.74, 6) is 0.842. The molecule has 4 atom stereocenters. The summed E-state index contributed by atoms with van der Waals surface area (Å²) in [6.45, 7) is 0. The fraction of sp³-hybridized carbons (Fsp3) is 0.900. The number of rotatable bonds is 0. The van der Waals surface area contributed by atoms with Crippen LogP contribution < -0.4 is 0 Å². The van der Waals surface area contributed by atoms with Gasteiger partial charge in [-0.1, -0.05) is 0 Å². The van der Waals surface area contributed by atoms with Crippen molar-refractivity contribution in [3.63, 3.8) is 0 Å². The van der Waals surface area contributed by atoms with Crippen LogP contribution >= 0.6 is 23.2 Å². The van der Waals surface area contributed by atoms with E-state index in [2.05, 4.69) is 0 Å². The number of hydrogen-bond donors (Lipinski definition) is 0. The average molecular weight is 219 g/mol. The van der Waals surface area contributed by atoms with Gasteiger partial charge in [-0.15, -0.1) is 23.2 Å². The van der Waals surface area contributed by atoms with Gasteiger partial charge in [-0.05, 0) is 31.6 Å². The van der Waals surface area contributed by atoms with E-state index in [9.17, 15) is 4.79 Å². The van der Waals surface area contributed by atoms with Crippen LogP contribution in [0, 0.1) is 11.8 Å². The summed E-state index contributed by atoms with van der Waals surface area (Å²) in [7, 11) is 0. The molecule has 3 heteroatoms. The molecule has 3 rings (SSSR count). The van der Waals surface area contributed by atoms with Gasteiger partial charge in [0.15, 0.2) is 0 Å². The number of hydrogen-bond acceptors (Lipinski definition) is 1. The molecule has 1 nitrogen and oxygen atoms in total. The molecule has 72 valence electrons. The lowest BCUT2D eigenvalue weighted by atomic mass is 9.58. The number of halogens is 2. The van der Waals surface area contributed by atoms with Crippen LogP contribution in [-0.4, -0.2) is 15.5 Å². The topological polar surface area (TPSA) is 17.1 Å². The summed E-state index contributed by atoms with van der Waals surface area (Å²) in [6, 6.07) is 0. The molecule has 0 aromatic carbocycles. The average Bonchev–Trinajstić information content (AvgIpc) is 2.54. The molecule has 3 fully saturated rings. The second-order valence-electron chi connectivity index (χ2n) is 4.67. The maximum Gasteiger partial charge on any atom is 0.138 e. The van der Waals surface area contributed by atoms with Crippen LogP contribution in [0.2, 0.25) is 0 Å². The quantitative estimate of drug-likeness (QED) is 0.572. The Labute approximate surface area is 87.8 Å². The Morgan fingerprint density at radius 3 is 2.69 bits per heavy atom. The summed E-state index contributed by atoms with van der Waals surface area (Å²) in [5.41, 5.74) is 0. The molecule has 13 heavy (non-hydrogen) atoms. The second kappa shape index (κ2) is 2.25. The van der Waals surface area contributed by atoms with Crippen molar-refractivity contribution < 1.29 is 4.79 Å². The number of carbonyl (C=O) groups is 1. The zero-order valence-corrected chi connectivity index (χ0v) is 8.87. The number of alkyl halides is 2. The van der Waals surface area contributed by atoms with E-state index in [1.165, 1.54) is 0 Å². The SMILES string of the molecule is O=C1CC[C@@H]2[C@H]1[C@]1(Cl)CCC[C@]21Cl. The lowest BCUT2D eigenvalue weighted by Crippen LogP contribution is -2.66. The van der Waals surface area contributed by atoms with E-state index in [4.69, 9.17) is 23.2 Å². The van der Waals surface area contributed by atoms with Crippen LogP contribution in [0.5, 0.6) is 0 Å². The van der Waals surface area contributed by atoms with Crippen molar-refractivity contribution >= 4 is 29.0 Å². The third-order valence-corrected chi connectivity index (χ3v) is 5.97. The van der Waals surface area contributed by atoms with Gasteiger partial charge in [0.05, 0.1) is 9.75 Å². The van der Waals surface area contributed by atoms with Crippen molar-refractivity contribution in [1.29, 1.82) is 0 Å². The van der Waals surface area contributed by atoms with Gasteiger partial charge in [0.25, 0.3) is 0 Å². The number of Topliss-reactive ketones (excluding diaryl/α,β-unsaturated/α-hetero) is 1. The zero-order chi connectivity index (χ0) is 9.27. The monoisotopic (exact) mass is 218 g/mol. The Morgan fingerprint density at radius 1 is 1.23 bits per heavy atom. The fourth-order valence-electron chi connectivity index (χ4n) is 3.74. The highest BCUT2D eigenvalue weighted by Crippen LogP contribution is 2.71. The summed E-state index contributed by atoms with van der Waals surface area (Å²) in [4.78, 5) is 11.0. The van der Waals surface area contributed by atoms with Crippen LogP contribution in [0.4, 0.5) is 0 Å². The summed E-state index contributed by atoms with van der Waals surface area (Å²) < 4.78 is 0. The first-order valence-corrected chi connectivity index (χ1v) is 5.76. The predicted octanol–water partition coefficient (Wildman–Crippen LogP) is 2.73. The first-order chi connectivity index (χ1) is 6.09. The molecular formula is C10H12Cl2O. The van der Waals surface area contributed by atoms with Crippen LogP contribution in [0.1, 0.15) is 32.1 Å². The Bertz CT molecular complexity index is 291. The molecule has 3 aliphatic carbocycles. The molecule has 3 aliphatic rings. The molecular weight excluding hydrogens is 207 g/mol. The Hall–Kier alpha value is 0.250. The normalized spacial score (nSPS) is 58.8.